The van der Waals surface area contributed by atoms with E-state index in [4.69, 9.17) is 19.3 Å². The Labute approximate surface area is 409 Å². The molecule has 0 radical (unpaired) electrons. The Morgan fingerprint density at radius 2 is 1.08 bits per heavy atom. The first-order valence-corrected chi connectivity index (χ1v) is 21.2. The zero-order chi connectivity index (χ0) is 44.1. The first-order chi connectivity index (χ1) is 29.7. The van der Waals surface area contributed by atoms with Gasteiger partial charge in [0.2, 0.25) is 22.5 Å². The van der Waals surface area contributed by atoms with Crippen molar-refractivity contribution >= 4 is 55.1 Å². The number of aromatic amines is 4. The molecule has 2 heterocycles. The molecule has 0 amide bonds. The molecule has 0 fully saturated rings. The maximum absolute atomic E-state index is 12.5. The number of ether oxygens (including phenoxy) is 3. The molecule has 0 saturated heterocycles. The van der Waals surface area contributed by atoms with Gasteiger partial charge in [-0.25, -0.2) is 36.8 Å². The minimum atomic E-state index is -5.15. The van der Waals surface area contributed by atoms with Gasteiger partial charge < -0.3 is 33.5 Å². The van der Waals surface area contributed by atoms with E-state index < -0.39 is 36.1 Å². The Morgan fingerprint density at radius 3 is 1.50 bits per heavy atom. The second-order valence-corrected chi connectivity index (χ2v) is 15.5. The summed E-state index contributed by atoms with van der Waals surface area (Å²) in [6.07, 6.45) is 1.49. The maximum Gasteiger partial charge on any atom is 1.00 e. The van der Waals surface area contributed by atoms with Gasteiger partial charge in [-0.15, -0.1) is 0 Å². The molecule has 6 aromatic rings. The van der Waals surface area contributed by atoms with Gasteiger partial charge in [-0.3, -0.25) is 19.9 Å². The van der Waals surface area contributed by atoms with Crippen molar-refractivity contribution in [1.29, 1.82) is 0 Å². The second kappa shape index (κ2) is 24.4. The van der Waals surface area contributed by atoms with Gasteiger partial charge in [0.1, 0.15) is 33.5 Å². The quantitative estimate of drug-likeness (QED) is 0.0219. The minimum Gasteiger partial charge on any atom is -0.744 e. The van der Waals surface area contributed by atoms with E-state index in [1.54, 1.807) is 54.6 Å². The van der Waals surface area contributed by atoms with E-state index in [1.807, 2.05) is 6.07 Å². The predicted molar refractivity (Wildman–Crippen MR) is 218 cm³/mol. The molecule has 25 heteroatoms. The standard InChI is InChI=1S/C39H40N10O11S2.2Na/c1-25(51)24-60-39-48-35(41-29-10-6-3-7-11-29)45-37(49-39)43-31-17-15-27(33(23-31)62(55,56)57)13-12-26-14-16-30(22-32(26)61(52,53)54)42-36-44-34(40-28-8-4-2-5-9-28)46-38(47-36)59-21-20-58-19-18-50;;/h2-17,22-23,25,50-51H,18-21,24H2,1H3,(H,52,53,54)(H,55,56,57)(H2,40,42,44,46,47)(H2,41,43,45,48,49);;/q;2*+1/p-2/b13-12+;;. The summed E-state index contributed by atoms with van der Waals surface area (Å²) >= 11 is 0. The molecule has 6 rings (SSSR count). The molecule has 0 spiro atoms. The maximum atomic E-state index is 12.5. The molecular weight excluding hydrogens is 895 g/mol. The van der Waals surface area contributed by atoms with Crippen molar-refractivity contribution in [3.05, 3.63) is 131 Å². The SMILES string of the molecule is CC(O)COc1nc(=Nc2ccccc2)[nH]c(=Nc2ccc(/C=C/c3ccc(N=c4[nH]c(OCCOCCO)nc(=Nc5ccccc5)[nH]4)cc3S(=O)(=O)[O-])c(S(=O)(=O)[O-])c2)[nH]1.[Na+].[Na+]. The number of aromatic nitrogens is 6. The van der Waals surface area contributed by atoms with Gasteiger partial charge in [0.25, 0.3) is 12.0 Å². The Kier molecular flexibility index (Phi) is 19.8. The molecule has 64 heavy (non-hydrogen) atoms. The third kappa shape index (κ3) is 16.0. The van der Waals surface area contributed by atoms with Crippen LogP contribution in [0.5, 0.6) is 12.0 Å². The summed E-state index contributed by atoms with van der Waals surface area (Å²) in [5.74, 6) is 0. The molecule has 324 valence electrons. The fourth-order valence-corrected chi connectivity index (χ4v) is 6.66. The third-order valence-corrected chi connectivity index (χ3v) is 9.71. The van der Waals surface area contributed by atoms with Crippen molar-refractivity contribution < 1.29 is 109 Å². The number of hydrogen-bond donors (Lipinski definition) is 6. The largest absolute Gasteiger partial charge is 1.00 e. The number of rotatable bonds is 17. The van der Waals surface area contributed by atoms with E-state index >= 15 is 0 Å². The number of nitrogens with one attached hydrogen (secondary N) is 4. The molecule has 1 unspecified atom stereocenters. The molecular formula is C39H38N10Na2O11S2. The van der Waals surface area contributed by atoms with Crippen LogP contribution in [0, 0.1) is 0 Å². The normalized spacial score (nSPS) is 13.4. The third-order valence-electron chi connectivity index (χ3n) is 7.93. The zero-order valence-electron chi connectivity index (χ0n) is 34.6. The molecule has 0 aliphatic rings. The van der Waals surface area contributed by atoms with Crippen LogP contribution in [0.15, 0.2) is 127 Å². The van der Waals surface area contributed by atoms with Crippen molar-refractivity contribution in [1.82, 2.24) is 29.9 Å². The monoisotopic (exact) mass is 932 g/mol. The number of para-hydroxylation sites is 2. The van der Waals surface area contributed by atoms with Crippen LogP contribution in [0.1, 0.15) is 18.1 Å². The van der Waals surface area contributed by atoms with Gasteiger partial charge in [-0.05, 0) is 66.6 Å². The van der Waals surface area contributed by atoms with Crippen molar-refractivity contribution in [3.63, 3.8) is 0 Å². The van der Waals surface area contributed by atoms with Crippen LogP contribution in [0.3, 0.4) is 0 Å². The summed E-state index contributed by atoms with van der Waals surface area (Å²) in [5, 5.41) is 18.6. The Morgan fingerprint density at radius 1 is 0.625 bits per heavy atom. The van der Waals surface area contributed by atoms with Crippen molar-refractivity contribution in [2.75, 3.05) is 33.0 Å². The van der Waals surface area contributed by atoms with Crippen molar-refractivity contribution in [2.45, 2.75) is 22.8 Å². The summed E-state index contributed by atoms with van der Waals surface area (Å²) in [6, 6.07) is 24.8. The Hall–Kier alpha value is -4.86. The molecule has 21 nitrogen and oxygen atoms in total. The molecule has 1 atom stereocenters. The van der Waals surface area contributed by atoms with E-state index in [0.717, 1.165) is 24.3 Å². The van der Waals surface area contributed by atoms with Crippen molar-refractivity contribution in [3.8, 4) is 12.0 Å². The molecule has 0 aliphatic carbocycles. The van der Waals surface area contributed by atoms with E-state index in [1.165, 1.54) is 31.2 Å². The topological polar surface area (TPSA) is 321 Å². The van der Waals surface area contributed by atoms with Crippen LogP contribution in [0.2, 0.25) is 0 Å². The zero-order valence-corrected chi connectivity index (χ0v) is 40.2. The fourth-order valence-electron chi connectivity index (χ4n) is 5.28. The summed E-state index contributed by atoms with van der Waals surface area (Å²) in [4.78, 5) is 36.0. The molecule has 4 aromatic carbocycles. The predicted octanol–water partition coefficient (Wildman–Crippen LogP) is -4.15. The minimum absolute atomic E-state index is 0. The second-order valence-electron chi connectivity index (χ2n) is 12.8. The number of H-pyrrole nitrogens is 4. The number of aliphatic hydroxyl groups is 2. The average molecular weight is 933 g/mol. The fraction of sp³-hybridized carbons (Fsp3) is 0.179. The molecule has 0 aliphatic heterocycles. The molecule has 0 saturated carbocycles. The molecule has 2 aromatic heterocycles. The van der Waals surface area contributed by atoms with Crippen LogP contribution in [-0.2, 0) is 25.0 Å². The summed E-state index contributed by atoms with van der Waals surface area (Å²) in [7, 11) is -10.3. The van der Waals surface area contributed by atoms with Crippen LogP contribution < -0.4 is 91.1 Å². The summed E-state index contributed by atoms with van der Waals surface area (Å²) < 4.78 is 91.5. The van der Waals surface area contributed by atoms with Gasteiger partial charge in [0.15, 0.2) is 0 Å². The summed E-state index contributed by atoms with van der Waals surface area (Å²) in [5.41, 5.74) is 0.877. The van der Waals surface area contributed by atoms with E-state index in [0.29, 0.717) is 11.4 Å². The van der Waals surface area contributed by atoms with Gasteiger partial charge in [-0.2, -0.15) is 9.97 Å². The number of benzene rings is 4. The number of hydrogen-bond acceptors (Lipinski definition) is 17. The Bertz CT molecular complexity index is 3050. The van der Waals surface area contributed by atoms with Crippen LogP contribution in [0.4, 0.5) is 22.7 Å². The smallest absolute Gasteiger partial charge is 0.744 e. The number of nitrogens with zero attached hydrogens (tertiary/aromatic N) is 6. The van der Waals surface area contributed by atoms with Gasteiger partial charge >= 0.3 is 59.1 Å². The van der Waals surface area contributed by atoms with Crippen molar-refractivity contribution in [2.24, 2.45) is 20.0 Å². The van der Waals surface area contributed by atoms with E-state index in [9.17, 15) is 31.0 Å². The summed E-state index contributed by atoms with van der Waals surface area (Å²) in [6.45, 7) is 1.50. The molecule has 6 N–H and O–H groups in total. The molecule has 0 bridgehead atoms. The Balaban J connectivity index is 0.00000449. The van der Waals surface area contributed by atoms with Crippen LogP contribution >= 0.6 is 0 Å². The van der Waals surface area contributed by atoms with Crippen LogP contribution in [-0.4, -0.2) is 105 Å². The van der Waals surface area contributed by atoms with Gasteiger partial charge in [-0.1, -0.05) is 60.7 Å². The number of aliphatic hydroxyl groups excluding tert-OH is 2. The first kappa shape index (κ1) is 51.8. The van der Waals surface area contributed by atoms with Crippen LogP contribution in [0.25, 0.3) is 12.2 Å². The van der Waals surface area contributed by atoms with Gasteiger partial charge in [0, 0.05) is 0 Å². The average Bonchev–Trinajstić information content (AvgIpc) is 3.22. The first-order valence-electron chi connectivity index (χ1n) is 18.4. The van der Waals surface area contributed by atoms with Gasteiger partial charge in [0.05, 0.1) is 58.5 Å². The van der Waals surface area contributed by atoms with E-state index in [2.05, 4.69) is 49.9 Å². The van der Waals surface area contributed by atoms with E-state index in [-0.39, 0.29) is 149 Å².